The lowest BCUT2D eigenvalue weighted by Crippen LogP contribution is -2.55. The van der Waals surface area contributed by atoms with Crippen LogP contribution in [0.3, 0.4) is 0 Å². The molecule has 0 aromatic rings. The maximum atomic E-state index is 13.0. The third-order valence-corrected chi connectivity index (χ3v) is 11.1. The number of rotatable bonds is 10. The Kier molecular flexibility index (Phi) is 10.6. The van der Waals surface area contributed by atoms with Crippen LogP contribution in [0, 0.1) is 23.2 Å². The first-order valence-electron chi connectivity index (χ1n) is 17.8. The third-order valence-electron chi connectivity index (χ3n) is 11.1. The van der Waals surface area contributed by atoms with Crippen molar-refractivity contribution in [3.8, 4) is 0 Å². The quantitative estimate of drug-likeness (QED) is 0.278. The van der Waals surface area contributed by atoms with E-state index >= 15 is 0 Å². The normalized spacial score (nSPS) is 37.4. The zero-order valence-electron chi connectivity index (χ0n) is 27.0. The lowest BCUT2D eigenvalue weighted by molar-refractivity contribution is -0.125. The molecule has 3 aliphatic heterocycles. The molecule has 4 fully saturated rings. The molecule has 238 valence electrons. The van der Waals surface area contributed by atoms with E-state index in [9.17, 15) is 4.79 Å². The summed E-state index contributed by atoms with van der Waals surface area (Å²) in [6.45, 7) is 12.3. The van der Waals surface area contributed by atoms with Gasteiger partial charge in [-0.25, -0.2) is 0 Å². The van der Waals surface area contributed by atoms with E-state index in [1.807, 2.05) is 6.92 Å². The topological polar surface area (TPSA) is 71.7 Å². The van der Waals surface area contributed by atoms with E-state index in [1.54, 1.807) is 0 Å². The van der Waals surface area contributed by atoms with Crippen LogP contribution in [0.1, 0.15) is 84.5 Å². The first-order chi connectivity index (χ1) is 21.0. The van der Waals surface area contributed by atoms with Gasteiger partial charge in [-0.3, -0.25) is 30.8 Å². The molecule has 2 saturated carbocycles. The second-order valence-corrected chi connectivity index (χ2v) is 14.4. The van der Waals surface area contributed by atoms with Crippen LogP contribution in [0.4, 0.5) is 0 Å². The Morgan fingerprint density at radius 2 is 1.98 bits per heavy atom. The number of amides is 1. The summed E-state index contributed by atoms with van der Waals surface area (Å²) in [4.78, 5) is 18.5. The van der Waals surface area contributed by atoms with Gasteiger partial charge >= 0.3 is 0 Å². The van der Waals surface area contributed by atoms with Gasteiger partial charge in [0.2, 0.25) is 5.91 Å². The summed E-state index contributed by atoms with van der Waals surface area (Å²) in [5.74, 6) is 1.23. The van der Waals surface area contributed by atoms with Crippen molar-refractivity contribution in [3.63, 3.8) is 0 Å². The molecule has 0 spiro atoms. The zero-order chi connectivity index (χ0) is 29.6. The summed E-state index contributed by atoms with van der Waals surface area (Å²) in [6.07, 6.45) is 27.5. The van der Waals surface area contributed by atoms with E-state index in [0.29, 0.717) is 5.41 Å². The van der Waals surface area contributed by atoms with Crippen molar-refractivity contribution in [1.29, 1.82) is 0 Å². The maximum Gasteiger partial charge on any atom is 0.224 e. The molecule has 0 aromatic carbocycles. The number of nitrogens with one attached hydrogen (secondary N) is 4. The Morgan fingerprint density at radius 1 is 1.12 bits per heavy atom. The lowest BCUT2D eigenvalue weighted by atomic mass is 9.88. The van der Waals surface area contributed by atoms with E-state index < -0.39 is 0 Å². The number of hydrogen-bond donors (Lipinski definition) is 4. The molecular weight excluding hydrogens is 532 g/mol. The number of carbonyl (C=O) groups excluding carboxylic acids is 1. The standard InChI is InChI=1S/C36H58N6O/c1-3-4-17-36(26-41-19-21-42(22-20-41)31-15-16-31)24-30(36)14-13-28-11-7-8-12-29(23-28)33-32(25-38-40-33)34-37-18-9-5-6-10-27(2)35(43)39-34/h4-6,11,17,23,27,30-34,37-38,40H,3,7-10,12-16,18-22,24-26H2,1-2H3,(H,39,43)/b6-5-,17-4-. The predicted molar refractivity (Wildman–Crippen MR) is 176 cm³/mol. The molecule has 2 saturated heterocycles. The molecule has 3 aliphatic carbocycles. The van der Waals surface area contributed by atoms with E-state index in [0.717, 1.165) is 50.7 Å². The number of hydrogen-bond acceptors (Lipinski definition) is 6. The van der Waals surface area contributed by atoms with Gasteiger partial charge in [0.1, 0.15) is 0 Å². The zero-order valence-corrected chi connectivity index (χ0v) is 27.0. The summed E-state index contributed by atoms with van der Waals surface area (Å²) in [6, 6.07) is 1.14. The van der Waals surface area contributed by atoms with Crippen molar-refractivity contribution in [2.45, 2.75) is 103 Å². The van der Waals surface area contributed by atoms with Gasteiger partial charge in [-0.1, -0.05) is 61.4 Å². The molecule has 1 amide bonds. The first-order valence-corrected chi connectivity index (χ1v) is 17.8. The summed E-state index contributed by atoms with van der Waals surface area (Å²) < 4.78 is 0. The van der Waals surface area contributed by atoms with E-state index in [-0.39, 0.29) is 30.0 Å². The molecule has 7 nitrogen and oxygen atoms in total. The molecule has 7 heteroatoms. The second-order valence-electron chi connectivity index (χ2n) is 14.4. The van der Waals surface area contributed by atoms with Crippen LogP contribution in [0.25, 0.3) is 0 Å². The highest BCUT2D eigenvalue weighted by molar-refractivity contribution is 5.78. The minimum Gasteiger partial charge on any atom is -0.340 e. The van der Waals surface area contributed by atoms with Crippen LogP contribution < -0.4 is 21.5 Å². The Hall–Kier alpha value is -1.77. The van der Waals surface area contributed by atoms with Crippen LogP contribution >= 0.6 is 0 Å². The number of hydrazine groups is 1. The van der Waals surface area contributed by atoms with Gasteiger partial charge in [-0.05, 0) is 76.5 Å². The highest BCUT2D eigenvalue weighted by Gasteiger charge is 2.52. The van der Waals surface area contributed by atoms with Gasteiger partial charge in [0.15, 0.2) is 0 Å². The van der Waals surface area contributed by atoms with Crippen molar-refractivity contribution in [1.82, 2.24) is 31.3 Å². The molecule has 6 rings (SSSR count). The van der Waals surface area contributed by atoms with Gasteiger partial charge in [-0.2, -0.15) is 0 Å². The average molecular weight is 591 g/mol. The fourth-order valence-electron chi connectivity index (χ4n) is 8.10. The smallest absolute Gasteiger partial charge is 0.224 e. The van der Waals surface area contributed by atoms with Crippen molar-refractivity contribution in [3.05, 3.63) is 47.6 Å². The molecule has 0 radical (unpaired) electrons. The van der Waals surface area contributed by atoms with Crippen molar-refractivity contribution >= 4 is 5.91 Å². The highest BCUT2D eigenvalue weighted by atomic mass is 16.2. The molecular formula is C36H58N6O. The van der Waals surface area contributed by atoms with Gasteiger partial charge in [0, 0.05) is 75.1 Å². The van der Waals surface area contributed by atoms with Crippen LogP contribution in [-0.4, -0.2) is 79.8 Å². The fraction of sp³-hybridized carbons (Fsp3) is 0.750. The van der Waals surface area contributed by atoms with Crippen molar-refractivity contribution in [2.24, 2.45) is 23.2 Å². The van der Waals surface area contributed by atoms with Crippen molar-refractivity contribution in [2.75, 3.05) is 45.8 Å². The highest BCUT2D eigenvalue weighted by Crippen LogP contribution is 2.57. The minimum atomic E-state index is -0.0332. The maximum absolute atomic E-state index is 13.0. The van der Waals surface area contributed by atoms with E-state index in [4.69, 9.17) is 0 Å². The van der Waals surface area contributed by atoms with Gasteiger partial charge in [0.25, 0.3) is 0 Å². The third kappa shape index (κ3) is 8.09. The molecule has 4 N–H and O–H groups in total. The predicted octanol–water partition coefficient (Wildman–Crippen LogP) is 4.67. The van der Waals surface area contributed by atoms with Crippen LogP contribution in [0.2, 0.25) is 0 Å². The summed E-state index contributed by atoms with van der Waals surface area (Å²) >= 11 is 0. The van der Waals surface area contributed by atoms with Gasteiger partial charge in [0.05, 0.1) is 6.17 Å². The molecule has 43 heavy (non-hydrogen) atoms. The number of nitrogens with zero attached hydrogens (tertiary/aromatic N) is 2. The van der Waals surface area contributed by atoms with E-state index in [2.05, 4.69) is 74.7 Å². The Labute approximate surface area is 261 Å². The Balaban J connectivity index is 1.07. The monoisotopic (exact) mass is 590 g/mol. The van der Waals surface area contributed by atoms with Crippen LogP contribution in [-0.2, 0) is 4.79 Å². The number of allylic oxidation sites excluding steroid dienone is 5. The molecule has 0 bridgehead atoms. The number of piperazine rings is 1. The summed E-state index contributed by atoms with van der Waals surface area (Å²) in [5.41, 5.74) is 10.5. The SMILES string of the molecule is CC/C=C\C1(CN2CCN(C3CC3)CC2)CC1CCC1=CCCCC(C2NNCC2C2NCC/C=C\CC(C)C(=O)N2)=C1. The Bertz CT molecular complexity index is 1070. The molecule has 0 aromatic heterocycles. The largest absolute Gasteiger partial charge is 0.340 e. The van der Waals surface area contributed by atoms with Crippen molar-refractivity contribution < 1.29 is 4.79 Å². The van der Waals surface area contributed by atoms with Crippen LogP contribution in [0.15, 0.2) is 47.6 Å². The summed E-state index contributed by atoms with van der Waals surface area (Å²) in [7, 11) is 0. The molecule has 6 unspecified atom stereocenters. The average Bonchev–Trinajstić information content (AvgIpc) is 3.94. The van der Waals surface area contributed by atoms with Crippen LogP contribution in [0.5, 0.6) is 0 Å². The second kappa shape index (κ2) is 14.6. The first kappa shape index (κ1) is 31.2. The molecule has 6 aliphatic rings. The Morgan fingerprint density at radius 3 is 2.79 bits per heavy atom. The van der Waals surface area contributed by atoms with Gasteiger partial charge in [-0.15, -0.1) is 0 Å². The summed E-state index contributed by atoms with van der Waals surface area (Å²) in [5, 5.41) is 7.05. The molecule has 3 heterocycles. The van der Waals surface area contributed by atoms with E-state index in [1.165, 1.54) is 88.8 Å². The fourth-order valence-corrected chi connectivity index (χ4v) is 8.10. The van der Waals surface area contributed by atoms with Gasteiger partial charge < -0.3 is 5.32 Å². The lowest BCUT2D eigenvalue weighted by Gasteiger charge is -2.36. The number of carbonyl (C=O) groups is 1. The molecule has 6 atom stereocenters. The minimum absolute atomic E-state index is 0.000106.